The van der Waals surface area contributed by atoms with E-state index in [0.29, 0.717) is 13.0 Å². The molecule has 12 heteroatoms. The number of para-hydroxylation sites is 1. The van der Waals surface area contributed by atoms with Crippen LogP contribution in [0.25, 0.3) is 5.57 Å². The van der Waals surface area contributed by atoms with Crippen LogP contribution in [0.1, 0.15) is 43.4 Å². The van der Waals surface area contributed by atoms with Crippen LogP contribution >= 0.6 is 0 Å². The Hall–Kier alpha value is -4.19. The minimum atomic E-state index is -3.22. The molecule has 1 saturated heterocycles. The lowest BCUT2D eigenvalue weighted by Crippen LogP contribution is -2.43. The maximum atomic E-state index is 16.7. The Morgan fingerprint density at radius 3 is 2.24 bits per heavy atom. The van der Waals surface area contributed by atoms with Crippen molar-refractivity contribution in [3.8, 4) is 11.5 Å². The molecule has 0 aromatic heterocycles. The van der Waals surface area contributed by atoms with Crippen molar-refractivity contribution in [2.45, 2.75) is 44.4 Å². The number of hydrogen-bond acceptors (Lipinski definition) is 4. The number of esters is 1. The summed E-state index contributed by atoms with van der Waals surface area (Å²) >= 11 is 0. The summed E-state index contributed by atoms with van der Waals surface area (Å²) in [4.78, 5) is 12.8. The fourth-order valence-electron chi connectivity index (χ4n) is 5.25. The molecule has 3 unspecified atom stereocenters. The minimum absolute atomic E-state index is 0.0189. The van der Waals surface area contributed by atoms with Crippen molar-refractivity contribution in [1.29, 1.82) is 0 Å². The number of carbonyl (C=O) groups excluding carboxylic acids is 1. The third kappa shape index (κ3) is 5.95. The van der Waals surface area contributed by atoms with Gasteiger partial charge in [0.25, 0.3) is 0 Å². The lowest BCUT2D eigenvalue weighted by Gasteiger charge is -2.42. The third-order valence-corrected chi connectivity index (χ3v) is 7.60. The number of hydrogen-bond donors (Lipinski definition) is 0. The Bertz CT molecular complexity index is 1680. The highest BCUT2D eigenvalue weighted by Gasteiger charge is 2.57. The molecule has 0 bridgehead atoms. The summed E-state index contributed by atoms with van der Waals surface area (Å²) in [6.45, 7) is 4.30. The molecule has 238 valence electrons. The Labute approximate surface area is 252 Å². The fourth-order valence-corrected chi connectivity index (χ4v) is 5.25. The molecular formula is C33H26F8O4. The molecule has 0 radical (unpaired) electrons. The molecule has 3 atom stereocenters. The monoisotopic (exact) mass is 638 g/mol. The van der Waals surface area contributed by atoms with E-state index in [1.54, 1.807) is 0 Å². The van der Waals surface area contributed by atoms with Gasteiger partial charge in [0, 0.05) is 23.1 Å². The van der Waals surface area contributed by atoms with Crippen molar-refractivity contribution in [3.63, 3.8) is 0 Å². The van der Waals surface area contributed by atoms with Crippen LogP contribution in [-0.4, -0.2) is 31.5 Å². The average molecular weight is 639 g/mol. The van der Waals surface area contributed by atoms with Gasteiger partial charge in [0.2, 0.25) is 0 Å². The first kappa shape index (κ1) is 32.2. The van der Waals surface area contributed by atoms with Gasteiger partial charge in [-0.1, -0.05) is 44.2 Å². The SMILES string of the molecule is CC(C)CCC(=O)Oc1ccccc1C1(c2ccc(OCC3CO3)cc2)C(c2cc(F)c(F)c(F)c2F)=C(F)C(F)=C(F)C1F. The summed E-state index contributed by atoms with van der Waals surface area (Å²) < 4.78 is 138. The van der Waals surface area contributed by atoms with Gasteiger partial charge in [-0.15, -0.1) is 0 Å². The topological polar surface area (TPSA) is 48.1 Å². The smallest absolute Gasteiger partial charge is 0.311 e. The molecule has 2 aliphatic rings. The molecule has 1 heterocycles. The van der Waals surface area contributed by atoms with Crippen molar-refractivity contribution in [3.05, 3.63) is 112 Å². The molecule has 0 amide bonds. The van der Waals surface area contributed by atoms with Gasteiger partial charge in [-0.25, -0.2) is 35.1 Å². The minimum Gasteiger partial charge on any atom is -0.491 e. The van der Waals surface area contributed by atoms with E-state index >= 15 is 22.0 Å². The van der Waals surface area contributed by atoms with Gasteiger partial charge in [0.05, 0.1) is 12.0 Å². The second-order valence-corrected chi connectivity index (χ2v) is 11.1. The number of ether oxygens (including phenoxy) is 3. The first-order valence-electron chi connectivity index (χ1n) is 14.0. The van der Waals surface area contributed by atoms with Gasteiger partial charge in [-0.3, -0.25) is 4.79 Å². The molecule has 3 aromatic carbocycles. The van der Waals surface area contributed by atoms with Crippen LogP contribution in [-0.2, 0) is 14.9 Å². The van der Waals surface area contributed by atoms with E-state index < -0.39 is 80.8 Å². The van der Waals surface area contributed by atoms with Gasteiger partial charge in [-0.2, -0.15) is 0 Å². The van der Waals surface area contributed by atoms with E-state index in [2.05, 4.69) is 0 Å². The molecule has 3 aromatic rings. The first-order chi connectivity index (χ1) is 21.4. The average Bonchev–Trinajstić information content (AvgIpc) is 3.86. The van der Waals surface area contributed by atoms with Crippen molar-refractivity contribution in [2.75, 3.05) is 13.2 Å². The van der Waals surface area contributed by atoms with Crippen LogP contribution in [0.15, 0.2) is 72.1 Å². The van der Waals surface area contributed by atoms with Crippen LogP contribution in [0.4, 0.5) is 35.1 Å². The molecule has 0 saturated carbocycles. The standard InChI is InChI=1S/C33H26F8O4/c1-16(2)7-12-24(42)45-23-6-4-3-5-21(23)33(17-8-10-18(11-9-17)43-14-19-15-44-19)25(28(37)30(39)31(40)32(33)41)20-13-22(34)27(36)29(38)26(20)35/h3-6,8-11,13,16,19,32H,7,12,14-15H2,1-2H3. The molecule has 0 spiro atoms. The van der Waals surface area contributed by atoms with Gasteiger partial charge in [0.15, 0.2) is 46.9 Å². The zero-order valence-corrected chi connectivity index (χ0v) is 23.9. The maximum Gasteiger partial charge on any atom is 0.311 e. The number of allylic oxidation sites excluding steroid dienone is 4. The fraction of sp³-hybridized carbons (Fsp3) is 0.303. The zero-order valence-electron chi connectivity index (χ0n) is 23.9. The van der Waals surface area contributed by atoms with Crippen molar-refractivity contribution >= 4 is 11.5 Å². The van der Waals surface area contributed by atoms with Crippen molar-refractivity contribution in [2.24, 2.45) is 5.92 Å². The number of carbonyl (C=O) groups is 1. The summed E-state index contributed by atoms with van der Waals surface area (Å²) in [7, 11) is 0. The second kappa shape index (κ2) is 12.7. The lowest BCUT2D eigenvalue weighted by molar-refractivity contribution is -0.134. The lowest BCUT2D eigenvalue weighted by atomic mass is 9.61. The second-order valence-electron chi connectivity index (χ2n) is 11.1. The highest BCUT2D eigenvalue weighted by atomic mass is 19.2. The Morgan fingerprint density at radius 1 is 0.933 bits per heavy atom. The predicted molar refractivity (Wildman–Crippen MR) is 147 cm³/mol. The largest absolute Gasteiger partial charge is 0.491 e. The highest BCUT2D eigenvalue weighted by molar-refractivity contribution is 5.87. The van der Waals surface area contributed by atoms with Gasteiger partial charge < -0.3 is 14.2 Å². The number of benzene rings is 3. The molecule has 0 N–H and O–H groups in total. The Kier molecular flexibility index (Phi) is 9.06. The molecule has 45 heavy (non-hydrogen) atoms. The summed E-state index contributed by atoms with van der Waals surface area (Å²) in [5.41, 5.74) is -6.73. The number of alkyl halides is 1. The Balaban J connectivity index is 1.81. The van der Waals surface area contributed by atoms with Crippen molar-refractivity contribution in [1.82, 2.24) is 0 Å². The van der Waals surface area contributed by atoms with Crippen molar-refractivity contribution < 1.29 is 54.1 Å². The summed E-state index contributed by atoms with van der Waals surface area (Å²) in [6, 6.07) is 9.69. The van der Waals surface area contributed by atoms with E-state index in [-0.39, 0.29) is 42.4 Å². The molecule has 1 fully saturated rings. The van der Waals surface area contributed by atoms with E-state index in [9.17, 15) is 18.0 Å². The zero-order chi connectivity index (χ0) is 32.6. The van der Waals surface area contributed by atoms with Crippen LogP contribution < -0.4 is 9.47 Å². The van der Waals surface area contributed by atoms with E-state index in [0.717, 1.165) is 24.3 Å². The van der Waals surface area contributed by atoms with Crippen LogP contribution in [0, 0.1) is 29.2 Å². The number of epoxide rings is 1. The summed E-state index contributed by atoms with van der Waals surface area (Å²) in [6.07, 6.45) is -3.10. The van der Waals surface area contributed by atoms with E-state index in [1.165, 1.54) is 24.3 Å². The van der Waals surface area contributed by atoms with E-state index in [1.807, 2.05) is 13.8 Å². The van der Waals surface area contributed by atoms with Gasteiger partial charge in [-0.05, 0) is 42.2 Å². The first-order valence-corrected chi connectivity index (χ1v) is 14.0. The molecule has 1 aliphatic heterocycles. The third-order valence-electron chi connectivity index (χ3n) is 7.60. The van der Waals surface area contributed by atoms with Crippen LogP contribution in [0.2, 0.25) is 0 Å². The molecule has 5 rings (SSSR count). The normalized spacial score (nSPS) is 21.4. The van der Waals surface area contributed by atoms with Gasteiger partial charge >= 0.3 is 5.97 Å². The molecule has 1 aliphatic carbocycles. The summed E-state index contributed by atoms with van der Waals surface area (Å²) in [5, 5.41) is 0. The quantitative estimate of drug-likeness (QED) is 0.0558. The highest BCUT2D eigenvalue weighted by Crippen LogP contribution is 2.58. The molecule has 4 nitrogen and oxygen atoms in total. The Morgan fingerprint density at radius 2 is 1.60 bits per heavy atom. The van der Waals surface area contributed by atoms with Gasteiger partial charge in [0.1, 0.15) is 24.2 Å². The van der Waals surface area contributed by atoms with Crippen LogP contribution in [0.3, 0.4) is 0 Å². The maximum absolute atomic E-state index is 16.7. The number of halogens is 8. The predicted octanol–water partition coefficient (Wildman–Crippen LogP) is 8.53. The number of rotatable bonds is 10. The van der Waals surface area contributed by atoms with E-state index in [4.69, 9.17) is 14.2 Å². The summed E-state index contributed by atoms with van der Waals surface area (Å²) in [5.74, 6) is -16.7. The van der Waals surface area contributed by atoms with Crippen LogP contribution in [0.5, 0.6) is 11.5 Å². The molecular weight excluding hydrogens is 612 g/mol.